The van der Waals surface area contributed by atoms with Gasteiger partial charge in [0.05, 0.1) is 0 Å². The Morgan fingerprint density at radius 2 is 1.88 bits per heavy atom. The first-order chi connectivity index (χ1) is 3.77. The molecule has 1 rings (SSSR count). The van der Waals surface area contributed by atoms with Gasteiger partial charge in [0.25, 0.3) is 0 Å². The Labute approximate surface area is 55.8 Å². The van der Waals surface area contributed by atoms with Gasteiger partial charge in [-0.3, -0.25) is 0 Å². The summed E-state index contributed by atoms with van der Waals surface area (Å²) in [5, 5.41) is 0. The van der Waals surface area contributed by atoms with Crippen LogP contribution in [0.15, 0.2) is 12.2 Å². The molecule has 1 aliphatic heterocycles. The van der Waals surface area contributed by atoms with Crippen molar-refractivity contribution < 1.29 is 0 Å². The predicted octanol–water partition coefficient (Wildman–Crippen LogP) is 2.21. The van der Waals surface area contributed by atoms with E-state index in [0.29, 0.717) is 0 Å². The Kier molecular flexibility index (Phi) is 2.00. The van der Waals surface area contributed by atoms with Crippen LogP contribution >= 0.6 is 17.8 Å². The van der Waals surface area contributed by atoms with Gasteiger partial charge in [0, 0.05) is 0 Å². The van der Waals surface area contributed by atoms with Crippen LogP contribution in [0.3, 0.4) is 0 Å². The molecule has 0 aliphatic carbocycles. The van der Waals surface area contributed by atoms with Gasteiger partial charge >= 0.3 is 55.2 Å². The van der Waals surface area contributed by atoms with Crippen LogP contribution in [0.1, 0.15) is 0 Å². The molecule has 0 N–H and O–H groups in total. The molecule has 1 heterocycles. The second-order valence-corrected chi connectivity index (χ2v) is 10.8. The van der Waals surface area contributed by atoms with E-state index >= 15 is 0 Å². The first-order valence-corrected chi connectivity index (χ1v) is 7.83. The molecule has 0 saturated heterocycles. The first-order valence-electron chi connectivity index (χ1n) is 2.97. The van der Waals surface area contributed by atoms with E-state index in [0.717, 1.165) is 0 Å². The van der Waals surface area contributed by atoms with Gasteiger partial charge in [-0.1, -0.05) is 0 Å². The van der Waals surface area contributed by atoms with Crippen LogP contribution < -0.4 is 0 Å². The molecular formula is C6H13PS. The van der Waals surface area contributed by atoms with Crippen molar-refractivity contribution in [3.05, 3.63) is 12.2 Å². The number of rotatable bonds is 1. The van der Waals surface area contributed by atoms with Crippen LogP contribution in [-0.4, -0.2) is 25.2 Å². The molecule has 0 saturated carbocycles. The second kappa shape index (κ2) is 2.41. The maximum atomic E-state index is 2.46. The van der Waals surface area contributed by atoms with Crippen molar-refractivity contribution >= 4 is 17.8 Å². The van der Waals surface area contributed by atoms with Crippen LogP contribution in [-0.2, 0) is 0 Å². The van der Waals surface area contributed by atoms with Crippen molar-refractivity contribution in [3.8, 4) is 0 Å². The van der Waals surface area contributed by atoms with E-state index in [9.17, 15) is 0 Å². The zero-order valence-corrected chi connectivity index (χ0v) is 7.29. The molecule has 0 spiro atoms. The average Bonchev–Trinajstić information content (AvgIpc) is 2.17. The molecule has 0 nitrogen and oxygen atoms in total. The fraction of sp³-hybridized carbons (Fsp3) is 0.667. The zero-order chi connectivity index (χ0) is 6.04. The van der Waals surface area contributed by atoms with Crippen molar-refractivity contribution in [2.24, 2.45) is 0 Å². The minimum absolute atomic E-state index is 0.755. The summed E-state index contributed by atoms with van der Waals surface area (Å²) in [6.45, 7) is 1.70. The SMILES string of the molecule is CS[PH]1(C)CC=CC1. The Morgan fingerprint density at radius 1 is 1.38 bits per heavy atom. The van der Waals surface area contributed by atoms with Gasteiger partial charge in [-0.2, -0.15) is 0 Å². The van der Waals surface area contributed by atoms with Gasteiger partial charge in [-0.05, 0) is 0 Å². The second-order valence-electron chi connectivity index (χ2n) is 2.53. The quantitative estimate of drug-likeness (QED) is 0.406. The minimum atomic E-state index is -0.755. The number of hydrogen-bond donors (Lipinski definition) is 0. The third-order valence-corrected chi connectivity index (χ3v) is 8.90. The molecular weight excluding hydrogens is 135 g/mol. The topological polar surface area (TPSA) is 0 Å². The molecule has 0 atom stereocenters. The molecule has 0 aromatic heterocycles. The summed E-state index contributed by atoms with van der Waals surface area (Å²) in [5.41, 5.74) is 0. The van der Waals surface area contributed by atoms with Crippen LogP contribution in [0.25, 0.3) is 0 Å². The van der Waals surface area contributed by atoms with Crippen molar-refractivity contribution in [3.63, 3.8) is 0 Å². The Bertz CT molecular complexity index is 101. The van der Waals surface area contributed by atoms with Crippen molar-refractivity contribution in [1.82, 2.24) is 0 Å². The molecule has 1 aliphatic rings. The van der Waals surface area contributed by atoms with Gasteiger partial charge < -0.3 is 0 Å². The van der Waals surface area contributed by atoms with Crippen LogP contribution in [0.5, 0.6) is 0 Å². The Hall–Kier alpha value is 0.520. The normalized spacial score (nSPS) is 28.2. The Balaban J connectivity index is 2.46. The molecule has 0 radical (unpaired) electrons. The van der Waals surface area contributed by atoms with E-state index in [1.54, 1.807) is 0 Å². The van der Waals surface area contributed by atoms with Gasteiger partial charge in [0.15, 0.2) is 0 Å². The molecule has 0 amide bonds. The van der Waals surface area contributed by atoms with E-state index < -0.39 is 6.46 Å². The number of hydrogen-bond acceptors (Lipinski definition) is 1. The maximum absolute atomic E-state index is 2.46. The van der Waals surface area contributed by atoms with Gasteiger partial charge in [-0.15, -0.1) is 0 Å². The van der Waals surface area contributed by atoms with Crippen molar-refractivity contribution in [1.29, 1.82) is 0 Å². The zero-order valence-electron chi connectivity index (χ0n) is 5.48. The molecule has 2 heteroatoms. The van der Waals surface area contributed by atoms with Gasteiger partial charge in [0.2, 0.25) is 0 Å². The van der Waals surface area contributed by atoms with E-state index in [4.69, 9.17) is 0 Å². The van der Waals surface area contributed by atoms with Crippen molar-refractivity contribution in [2.45, 2.75) is 0 Å². The van der Waals surface area contributed by atoms with E-state index in [2.05, 4.69) is 36.5 Å². The molecule has 0 bridgehead atoms. The fourth-order valence-electron chi connectivity index (χ4n) is 0.915. The fourth-order valence-corrected chi connectivity index (χ4v) is 4.32. The molecule has 0 unspecified atom stereocenters. The average molecular weight is 148 g/mol. The predicted molar refractivity (Wildman–Crippen MR) is 46.6 cm³/mol. The van der Waals surface area contributed by atoms with Gasteiger partial charge in [-0.25, -0.2) is 0 Å². The third kappa shape index (κ3) is 1.27. The monoisotopic (exact) mass is 148 g/mol. The van der Waals surface area contributed by atoms with Crippen LogP contribution in [0, 0.1) is 0 Å². The van der Waals surface area contributed by atoms with Crippen LogP contribution in [0.4, 0.5) is 0 Å². The van der Waals surface area contributed by atoms with Gasteiger partial charge in [0.1, 0.15) is 0 Å². The Morgan fingerprint density at radius 3 is 2.12 bits per heavy atom. The number of allylic oxidation sites excluding steroid dienone is 2. The van der Waals surface area contributed by atoms with E-state index in [-0.39, 0.29) is 0 Å². The molecule has 0 fully saturated rings. The van der Waals surface area contributed by atoms with E-state index in [1.807, 2.05) is 0 Å². The molecule has 8 heavy (non-hydrogen) atoms. The summed E-state index contributed by atoms with van der Waals surface area (Å²) in [6, 6.07) is 0. The summed E-state index contributed by atoms with van der Waals surface area (Å²) in [7, 11) is 0. The first kappa shape index (κ1) is 6.64. The third-order valence-electron chi connectivity index (χ3n) is 1.76. The molecule has 48 valence electrons. The standard InChI is InChI=1S/C6H13PS/c1-7(8-2)5-3-4-6-7/h3-4,7H,5-6H2,1-2H3. The van der Waals surface area contributed by atoms with E-state index in [1.165, 1.54) is 12.3 Å². The summed E-state index contributed by atoms with van der Waals surface area (Å²) in [5.74, 6) is 0. The molecule has 0 aromatic rings. The summed E-state index contributed by atoms with van der Waals surface area (Å²) >= 11 is 2.11. The summed E-state index contributed by atoms with van der Waals surface area (Å²) in [4.78, 5) is 0. The summed E-state index contributed by atoms with van der Waals surface area (Å²) < 4.78 is 0. The molecule has 0 aromatic carbocycles. The van der Waals surface area contributed by atoms with Crippen LogP contribution in [0.2, 0.25) is 0 Å². The van der Waals surface area contributed by atoms with Crippen molar-refractivity contribution in [2.75, 3.05) is 25.2 Å². The summed E-state index contributed by atoms with van der Waals surface area (Å²) in [6.07, 6.45) is 9.72.